The molecule has 1 aliphatic carbocycles. The van der Waals surface area contributed by atoms with Gasteiger partial charge in [-0.15, -0.1) is 0 Å². The second-order valence-corrected chi connectivity index (χ2v) is 8.79. The molecule has 8 heteroatoms. The summed E-state index contributed by atoms with van der Waals surface area (Å²) in [5.74, 6) is 0.328. The third-order valence-corrected chi connectivity index (χ3v) is 5.82. The summed E-state index contributed by atoms with van der Waals surface area (Å²) in [6.45, 7) is 8.16. The lowest BCUT2D eigenvalue weighted by molar-refractivity contribution is -0.164. The number of hydrogen-bond donors (Lipinski definition) is 1. The van der Waals surface area contributed by atoms with Gasteiger partial charge in [-0.05, 0) is 23.7 Å². The smallest absolute Gasteiger partial charge is 0.254 e. The number of rotatable bonds is 4. The highest BCUT2D eigenvalue weighted by molar-refractivity contribution is 6.31. The standard InChI is InChI=1S/C20H20Cl2N4O2/c1-19(2)16(26-15(27)12-9-24-18(22)25-10-12)20(3,4)17(19)28-13-6-5-11(8-23)14(21)7-13/h5-7,9-10,16-17H,1-4H3,(H,26,27). The van der Waals surface area contributed by atoms with E-state index in [1.807, 2.05) is 33.8 Å². The number of nitriles is 1. The van der Waals surface area contributed by atoms with Crippen molar-refractivity contribution in [1.29, 1.82) is 5.26 Å². The van der Waals surface area contributed by atoms with Crippen LogP contribution in [0.5, 0.6) is 5.75 Å². The van der Waals surface area contributed by atoms with E-state index in [0.717, 1.165) is 0 Å². The number of halogens is 2. The third kappa shape index (κ3) is 3.52. The van der Waals surface area contributed by atoms with Crippen molar-refractivity contribution in [2.24, 2.45) is 10.8 Å². The molecule has 1 heterocycles. The van der Waals surface area contributed by atoms with Gasteiger partial charge < -0.3 is 10.1 Å². The minimum absolute atomic E-state index is 0.0930. The van der Waals surface area contributed by atoms with E-state index in [-0.39, 0.29) is 34.2 Å². The van der Waals surface area contributed by atoms with Crippen LogP contribution in [0.2, 0.25) is 10.3 Å². The van der Waals surface area contributed by atoms with Crippen molar-refractivity contribution >= 4 is 29.1 Å². The Balaban J connectivity index is 1.76. The van der Waals surface area contributed by atoms with Crippen molar-refractivity contribution < 1.29 is 9.53 Å². The molecule has 0 saturated heterocycles. The lowest BCUT2D eigenvalue weighted by atomic mass is 9.49. The fourth-order valence-corrected chi connectivity index (χ4v) is 4.55. The van der Waals surface area contributed by atoms with Crippen LogP contribution in [0.1, 0.15) is 43.6 Å². The number of hydrogen-bond acceptors (Lipinski definition) is 5. The Kier molecular flexibility index (Phi) is 5.26. The molecule has 1 aliphatic rings. The molecule has 1 amide bonds. The lowest BCUT2D eigenvalue weighted by Gasteiger charge is -2.63. The first-order valence-electron chi connectivity index (χ1n) is 8.72. The average molecular weight is 419 g/mol. The normalized spacial score (nSPS) is 21.9. The van der Waals surface area contributed by atoms with E-state index in [9.17, 15) is 4.79 Å². The van der Waals surface area contributed by atoms with E-state index in [2.05, 4.69) is 15.3 Å². The number of carbonyl (C=O) groups is 1. The SMILES string of the molecule is CC1(C)C(NC(=O)c2cnc(Cl)nc2)C(C)(C)C1Oc1ccc(C#N)c(Cl)c1. The number of ether oxygens (including phenoxy) is 1. The Bertz CT molecular complexity index is 936. The molecule has 28 heavy (non-hydrogen) atoms. The molecule has 1 aromatic carbocycles. The monoisotopic (exact) mass is 418 g/mol. The zero-order valence-corrected chi connectivity index (χ0v) is 17.5. The highest BCUT2D eigenvalue weighted by Crippen LogP contribution is 2.55. The number of aromatic nitrogens is 2. The summed E-state index contributed by atoms with van der Waals surface area (Å²) in [4.78, 5) is 20.3. The fourth-order valence-electron chi connectivity index (χ4n) is 4.24. The summed E-state index contributed by atoms with van der Waals surface area (Å²) in [6.07, 6.45) is 2.63. The van der Waals surface area contributed by atoms with Crippen LogP contribution in [-0.4, -0.2) is 28.0 Å². The van der Waals surface area contributed by atoms with Crippen LogP contribution in [0, 0.1) is 22.2 Å². The predicted octanol–water partition coefficient (Wildman–Crippen LogP) is 4.27. The van der Waals surface area contributed by atoms with Crippen LogP contribution in [0.4, 0.5) is 0 Å². The van der Waals surface area contributed by atoms with Crippen molar-refractivity contribution in [3.63, 3.8) is 0 Å². The summed E-state index contributed by atoms with van der Waals surface area (Å²) in [5, 5.41) is 12.5. The van der Waals surface area contributed by atoms with E-state index in [0.29, 0.717) is 21.9 Å². The van der Waals surface area contributed by atoms with Gasteiger partial charge in [0.25, 0.3) is 5.91 Å². The Hall–Kier alpha value is -2.36. The van der Waals surface area contributed by atoms with Gasteiger partial charge in [-0.3, -0.25) is 4.79 Å². The molecule has 146 valence electrons. The van der Waals surface area contributed by atoms with Gasteiger partial charge >= 0.3 is 0 Å². The first kappa shape index (κ1) is 20.4. The van der Waals surface area contributed by atoms with E-state index in [4.69, 9.17) is 33.2 Å². The second-order valence-electron chi connectivity index (χ2n) is 8.04. The summed E-state index contributed by atoms with van der Waals surface area (Å²) >= 11 is 11.8. The molecule has 1 saturated carbocycles. The molecule has 0 bridgehead atoms. The van der Waals surface area contributed by atoms with Crippen molar-refractivity contribution in [1.82, 2.24) is 15.3 Å². The van der Waals surface area contributed by atoms with Crippen LogP contribution in [-0.2, 0) is 0 Å². The molecule has 0 unspecified atom stereocenters. The van der Waals surface area contributed by atoms with Gasteiger partial charge in [-0.2, -0.15) is 5.26 Å². The Morgan fingerprint density at radius 1 is 1.18 bits per heavy atom. The van der Waals surface area contributed by atoms with Crippen LogP contribution in [0.3, 0.4) is 0 Å². The number of carbonyl (C=O) groups excluding carboxylic acids is 1. The third-order valence-electron chi connectivity index (χ3n) is 5.31. The number of nitrogens with one attached hydrogen (secondary N) is 1. The van der Waals surface area contributed by atoms with E-state index in [1.165, 1.54) is 12.4 Å². The molecule has 2 aromatic rings. The van der Waals surface area contributed by atoms with E-state index in [1.54, 1.807) is 18.2 Å². The van der Waals surface area contributed by atoms with Gasteiger partial charge in [0.15, 0.2) is 0 Å². The van der Waals surface area contributed by atoms with E-state index < -0.39 is 0 Å². The summed E-state index contributed by atoms with van der Waals surface area (Å²) in [6, 6.07) is 6.90. The minimum atomic E-state index is -0.340. The van der Waals surface area contributed by atoms with Crippen molar-refractivity contribution in [2.75, 3.05) is 0 Å². The van der Waals surface area contributed by atoms with Gasteiger partial charge in [-0.25, -0.2) is 9.97 Å². The Morgan fingerprint density at radius 3 is 2.32 bits per heavy atom. The molecule has 1 N–H and O–H groups in total. The van der Waals surface area contributed by atoms with Gasteiger partial charge in [0.05, 0.1) is 16.1 Å². The lowest BCUT2D eigenvalue weighted by Crippen LogP contribution is -2.74. The molecular weight excluding hydrogens is 399 g/mol. The van der Waals surface area contributed by atoms with Crippen molar-refractivity contribution in [3.8, 4) is 11.8 Å². The van der Waals surface area contributed by atoms with Crippen LogP contribution >= 0.6 is 23.2 Å². The molecule has 0 atom stereocenters. The van der Waals surface area contributed by atoms with Crippen LogP contribution < -0.4 is 10.1 Å². The molecule has 0 spiro atoms. The first-order chi connectivity index (χ1) is 13.1. The van der Waals surface area contributed by atoms with Gasteiger partial charge in [0, 0.05) is 35.3 Å². The molecule has 6 nitrogen and oxygen atoms in total. The Labute approximate surface area is 173 Å². The highest BCUT2D eigenvalue weighted by atomic mass is 35.5. The summed E-state index contributed by atoms with van der Waals surface area (Å²) in [5.41, 5.74) is 0.0651. The van der Waals surface area contributed by atoms with Gasteiger partial charge in [-0.1, -0.05) is 39.3 Å². The fraction of sp³-hybridized carbons (Fsp3) is 0.400. The van der Waals surface area contributed by atoms with Crippen molar-refractivity contribution in [3.05, 3.63) is 52.0 Å². The summed E-state index contributed by atoms with van der Waals surface area (Å²) in [7, 11) is 0. The zero-order valence-electron chi connectivity index (χ0n) is 16.0. The number of benzene rings is 1. The number of amides is 1. The molecule has 0 radical (unpaired) electrons. The minimum Gasteiger partial charge on any atom is -0.489 e. The topological polar surface area (TPSA) is 87.9 Å². The maximum atomic E-state index is 12.6. The van der Waals surface area contributed by atoms with Crippen LogP contribution in [0.25, 0.3) is 0 Å². The second kappa shape index (κ2) is 7.23. The zero-order chi connectivity index (χ0) is 20.7. The molecule has 0 aliphatic heterocycles. The maximum Gasteiger partial charge on any atom is 0.254 e. The number of nitrogens with zero attached hydrogens (tertiary/aromatic N) is 3. The average Bonchev–Trinajstić information content (AvgIpc) is 2.64. The Morgan fingerprint density at radius 2 is 1.79 bits per heavy atom. The predicted molar refractivity (Wildman–Crippen MR) is 106 cm³/mol. The van der Waals surface area contributed by atoms with Crippen LogP contribution in [0.15, 0.2) is 30.6 Å². The van der Waals surface area contributed by atoms with E-state index >= 15 is 0 Å². The molecule has 1 fully saturated rings. The summed E-state index contributed by atoms with van der Waals surface area (Å²) < 4.78 is 6.21. The maximum absolute atomic E-state index is 12.6. The first-order valence-corrected chi connectivity index (χ1v) is 9.47. The van der Waals surface area contributed by atoms with Gasteiger partial charge in [0.1, 0.15) is 17.9 Å². The molecular formula is C20H20Cl2N4O2. The quantitative estimate of drug-likeness (QED) is 0.748. The largest absolute Gasteiger partial charge is 0.489 e. The highest BCUT2D eigenvalue weighted by Gasteiger charge is 2.64. The van der Waals surface area contributed by atoms with Crippen molar-refractivity contribution in [2.45, 2.75) is 39.8 Å². The molecule has 3 rings (SSSR count). The van der Waals surface area contributed by atoms with Gasteiger partial charge in [0.2, 0.25) is 5.28 Å². The molecule has 1 aromatic heterocycles.